The van der Waals surface area contributed by atoms with E-state index in [4.69, 9.17) is 18.9 Å². The summed E-state index contributed by atoms with van der Waals surface area (Å²) in [5.74, 6) is 2.78. The lowest BCUT2D eigenvalue weighted by Gasteiger charge is -2.34. The van der Waals surface area contributed by atoms with E-state index in [0.717, 1.165) is 52.4 Å². The van der Waals surface area contributed by atoms with Crippen LogP contribution in [0.4, 0.5) is 5.69 Å². The normalized spacial score (nSPS) is 19.6. The largest absolute Gasteiger partial charge is 0.497 e. The Morgan fingerprint density at radius 1 is 1.00 bits per heavy atom. The summed E-state index contributed by atoms with van der Waals surface area (Å²) in [7, 11) is 3.28. The second kappa shape index (κ2) is 6.48. The van der Waals surface area contributed by atoms with Crippen molar-refractivity contribution in [3.05, 3.63) is 52.7 Å². The lowest BCUT2D eigenvalue weighted by molar-refractivity contribution is -0.116. The number of rotatable bonds is 3. The summed E-state index contributed by atoms with van der Waals surface area (Å²) in [4.78, 5) is 13.0. The van der Waals surface area contributed by atoms with Crippen LogP contribution in [0.2, 0.25) is 0 Å². The molecule has 0 unspecified atom stereocenters. The molecule has 2 aromatic rings. The molecular weight excluding hydrogens is 358 g/mol. The average molecular weight is 379 g/mol. The van der Waals surface area contributed by atoms with E-state index >= 15 is 0 Å². The van der Waals surface area contributed by atoms with Gasteiger partial charge in [0.1, 0.15) is 11.5 Å². The van der Waals surface area contributed by atoms with Crippen molar-refractivity contribution in [2.24, 2.45) is 0 Å². The van der Waals surface area contributed by atoms with Crippen LogP contribution in [0.1, 0.15) is 36.3 Å². The van der Waals surface area contributed by atoms with E-state index in [1.54, 1.807) is 14.2 Å². The molecule has 28 heavy (non-hydrogen) atoms. The number of carbonyl (C=O) groups is 1. The van der Waals surface area contributed by atoms with Gasteiger partial charge in [0.05, 0.1) is 14.2 Å². The SMILES string of the molecule is COc1ccc(OC)c([C@H]2C3=C(CCCC3=O)Nc3cc4c(cc32)OCO4)c1. The van der Waals surface area contributed by atoms with Crippen molar-refractivity contribution in [2.45, 2.75) is 25.2 Å². The van der Waals surface area contributed by atoms with E-state index in [0.29, 0.717) is 17.9 Å². The quantitative estimate of drug-likeness (QED) is 0.870. The van der Waals surface area contributed by atoms with Crippen LogP contribution in [0.15, 0.2) is 41.6 Å². The second-order valence-electron chi connectivity index (χ2n) is 7.13. The van der Waals surface area contributed by atoms with E-state index in [1.165, 1.54) is 0 Å². The Hall–Kier alpha value is -3.15. The smallest absolute Gasteiger partial charge is 0.231 e. The molecule has 5 rings (SSSR count). The molecule has 2 heterocycles. The summed E-state index contributed by atoms with van der Waals surface area (Å²) in [5, 5.41) is 3.48. The van der Waals surface area contributed by atoms with Crippen LogP contribution < -0.4 is 24.3 Å². The maximum atomic E-state index is 13.0. The molecule has 6 nitrogen and oxygen atoms in total. The highest BCUT2D eigenvalue weighted by Crippen LogP contribution is 2.51. The minimum atomic E-state index is -0.251. The number of ketones is 1. The summed E-state index contributed by atoms with van der Waals surface area (Å²) in [6.45, 7) is 0.206. The maximum Gasteiger partial charge on any atom is 0.231 e. The van der Waals surface area contributed by atoms with Gasteiger partial charge in [0, 0.05) is 40.9 Å². The third kappa shape index (κ3) is 2.52. The molecule has 1 atom stereocenters. The number of carbonyl (C=O) groups excluding carboxylic acids is 1. The number of anilines is 1. The van der Waals surface area contributed by atoms with Crippen LogP contribution in [-0.4, -0.2) is 26.8 Å². The molecule has 0 amide bonds. The maximum absolute atomic E-state index is 13.0. The first-order valence-corrected chi connectivity index (χ1v) is 9.38. The molecule has 0 saturated carbocycles. The number of hydrogen-bond acceptors (Lipinski definition) is 6. The first-order valence-electron chi connectivity index (χ1n) is 9.38. The van der Waals surface area contributed by atoms with Gasteiger partial charge in [-0.2, -0.15) is 0 Å². The van der Waals surface area contributed by atoms with E-state index in [-0.39, 0.29) is 18.5 Å². The van der Waals surface area contributed by atoms with Gasteiger partial charge in [-0.05, 0) is 42.7 Å². The van der Waals surface area contributed by atoms with Crippen molar-refractivity contribution in [3.63, 3.8) is 0 Å². The highest BCUT2D eigenvalue weighted by atomic mass is 16.7. The van der Waals surface area contributed by atoms with Gasteiger partial charge in [-0.3, -0.25) is 4.79 Å². The number of Topliss-reactive ketones (excluding diaryl/α,β-unsaturated/α-hetero) is 1. The number of hydrogen-bond donors (Lipinski definition) is 1. The molecule has 1 aliphatic carbocycles. The Morgan fingerprint density at radius 3 is 2.61 bits per heavy atom. The Balaban J connectivity index is 1.77. The van der Waals surface area contributed by atoms with Gasteiger partial charge in [-0.25, -0.2) is 0 Å². The van der Waals surface area contributed by atoms with Crippen molar-refractivity contribution < 1.29 is 23.7 Å². The summed E-state index contributed by atoms with van der Waals surface area (Å²) in [5.41, 5.74) is 4.62. The second-order valence-corrected chi connectivity index (χ2v) is 7.13. The third-order valence-corrected chi connectivity index (χ3v) is 5.63. The number of nitrogens with one attached hydrogen (secondary N) is 1. The zero-order valence-electron chi connectivity index (χ0n) is 15.8. The van der Waals surface area contributed by atoms with Crippen molar-refractivity contribution in [3.8, 4) is 23.0 Å². The molecule has 0 spiro atoms. The van der Waals surface area contributed by atoms with Gasteiger partial charge in [-0.1, -0.05) is 0 Å². The Bertz CT molecular complexity index is 1010. The summed E-state index contributed by atoms with van der Waals surface area (Å²) in [6.07, 6.45) is 2.26. The molecule has 0 fully saturated rings. The fourth-order valence-corrected chi connectivity index (χ4v) is 4.34. The average Bonchev–Trinajstić information content (AvgIpc) is 3.17. The summed E-state index contributed by atoms with van der Waals surface area (Å²) < 4.78 is 22.3. The first-order chi connectivity index (χ1) is 13.7. The van der Waals surface area contributed by atoms with E-state index in [9.17, 15) is 4.79 Å². The molecule has 3 aliphatic rings. The minimum absolute atomic E-state index is 0.173. The van der Waals surface area contributed by atoms with Gasteiger partial charge in [0.15, 0.2) is 17.3 Å². The van der Waals surface area contributed by atoms with E-state index < -0.39 is 0 Å². The molecule has 1 N–H and O–H groups in total. The van der Waals surface area contributed by atoms with Crippen molar-refractivity contribution in [2.75, 3.05) is 26.3 Å². The van der Waals surface area contributed by atoms with Crippen molar-refractivity contribution >= 4 is 11.5 Å². The highest BCUT2D eigenvalue weighted by molar-refractivity contribution is 6.01. The molecule has 2 aromatic carbocycles. The predicted molar refractivity (Wildman–Crippen MR) is 103 cm³/mol. The fourth-order valence-electron chi connectivity index (χ4n) is 4.34. The number of methoxy groups -OCH3 is 2. The highest BCUT2D eigenvalue weighted by Gasteiger charge is 2.38. The minimum Gasteiger partial charge on any atom is -0.497 e. The van der Waals surface area contributed by atoms with Crippen LogP contribution in [-0.2, 0) is 4.79 Å². The van der Waals surface area contributed by atoms with Crippen LogP contribution in [0, 0.1) is 0 Å². The van der Waals surface area contributed by atoms with E-state index in [1.807, 2.05) is 30.3 Å². The molecule has 144 valence electrons. The Kier molecular flexibility index (Phi) is 3.93. The lowest BCUT2D eigenvalue weighted by atomic mass is 9.75. The van der Waals surface area contributed by atoms with Crippen molar-refractivity contribution in [1.82, 2.24) is 0 Å². The van der Waals surface area contributed by atoms with Crippen LogP contribution in [0.5, 0.6) is 23.0 Å². The van der Waals surface area contributed by atoms with Crippen LogP contribution in [0.3, 0.4) is 0 Å². The molecule has 0 bridgehead atoms. The molecule has 0 saturated heterocycles. The van der Waals surface area contributed by atoms with Gasteiger partial charge < -0.3 is 24.3 Å². The van der Waals surface area contributed by atoms with Crippen LogP contribution in [0.25, 0.3) is 0 Å². The number of benzene rings is 2. The third-order valence-electron chi connectivity index (χ3n) is 5.63. The number of allylic oxidation sites excluding steroid dienone is 2. The number of fused-ring (bicyclic) bond motifs is 2. The molecular formula is C22H21NO5. The van der Waals surface area contributed by atoms with Crippen molar-refractivity contribution in [1.29, 1.82) is 0 Å². The number of ether oxygens (including phenoxy) is 4. The molecule has 2 aliphatic heterocycles. The Morgan fingerprint density at radius 2 is 1.82 bits per heavy atom. The molecule has 0 aromatic heterocycles. The Labute approximate surface area is 163 Å². The van der Waals surface area contributed by atoms with Gasteiger partial charge in [-0.15, -0.1) is 0 Å². The fraction of sp³-hybridized carbons (Fsp3) is 0.318. The standard InChI is InChI=1S/C22H21NO5/c1-25-12-6-7-18(26-2)14(8-12)21-13-9-19-20(28-11-27-19)10-16(13)23-15-4-3-5-17(24)22(15)21/h6-10,21,23H,3-5,11H2,1-2H3/t21-/m0/s1. The lowest BCUT2D eigenvalue weighted by Crippen LogP contribution is -2.27. The zero-order chi connectivity index (χ0) is 19.3. The van der Waals surface area contributed by atoms with Gasteiger partial charge in [0.2, 0.25) is 6.79 Å². The topological polar surface area (TPSA) is 66.0 Å². The molecule has 0 radical (unpaired) electrons. The van der Waals surface area contributed by atoms with Gasteiger partial charge in [0.25, 0.3) is 0 Å². The summed E-state index contributed by atoms with van der Waals surface area (Å²) >= 11 is 0. The zero-order valence-corrected chi connectivity index (χ0v) is 15.8. The first kappa shape index (κ1) is 17.0. The van der Waals surface area contributed by atoms with E-state index in [2.05, 4.69) is 5.32 Å². The summed E-state index contributed by atoms with van der Waals surface area (Å²) in [6, 6.07) is 9.63. The predicted octanol–water partition coefficient (Wildman–Crippen LogP) is 4.00. The molecule has 6 heteroatoms. The monoisotopic (exact) mass is 379 g/mol. The van der Waals surface area contributed by atoms with Gasteiger partial charge >= 0.3 is 0 Å². The van der Waals surface area contributed by atoms with Crippen LogP contribution >= 0.6 is 0 Å².